The lowest BCUT2D eigenvalue weighted by molar-refractivity contribution is 0.616. The predicted octanol–water partition coefficient (Wildman–Crippen LogP) is 2.05. The molecule has 1 atom stereocenters. The fourth-order valence-electron chi connectivity index (χ4n) is 1.35. The normalized spacial score (nSPS) is 20.9. The molecule has 2 rings (SSSR count). The van der Waals surface area contributed by atoms with Gasteiger partial charge in [-0.1, -0.05) is 0 Å². The van der Waals surface area contributed by atoms with E-state index in [1.807, 2.05) is 18.3 Å². The highest BCUT2D eigenvalue weighted by atomic mass is 15.1. The molecular weight excluding hydrogens is 174 g/mol. The molecule has 0 radical (unpaired) electrons. The van der Waals surface area contributed by atoms with Gasteiger partial charge in [0.25, 0.3) is 0 Å². The number of aliphatic imine (C=N–C) groups is 1. The summed E-state index contributed by atoms with van der Waals surface area (Å²) >= 11 is 0. The van der Waals surface area contributed by atoms with Gasteiger partial charge in [0, 0.05) is 24.3 Å². The third kappa shape index (κ3) is 1.66. The van der Waals surface area contributed by atoms with Crippen molar-refractivity contribution >= 4 is 6.21 Å². The van der Waals surface area contributed by atoms with E-state index in [0.717, 1.165) is 5.56 Å². The minimum Gasteiger partial charge on any atom is -0.363 e. The molecule has 1 N–H and O–H groups in total. The van der Waals surface area contributed by atoms with Gasteiger partial charge in [0.2, 0.25) is 0 Å². The molecule has 1 aliphatic heterocycles. The fraction of sp³-hybridized carbons (Fsp3) is 0.273. The van der Waals surface area contributed by atoms with Gasteiger partial charge < -0.3 is 5.32 Å². The van der Waals surface area contributed by atoms with E-state index in [1.54, 1.807) is 12.4 Å². The van der Waals surface area contributed by atoms with Crippen molar-refractivity contribution in [1.29, 1.82) is 0 Å². The van der Waals surface area contributed by atoms with Gasteiger partial charge in [-0.05, 0) is 37.1 Å². The molecule has 0 bridgehead atoms. The summed E-state index contributed by atoms with van der Waals surface area (Å²) in [6, 6.07) is 3.95. The number of hydrogen-bond donors (Lipinski definition) is 1. The first-order valence-corrected chi connectivity index (χ1v) is 4.64. The number of nitrogens with zero attached hydrogens (tertiary/aromatic N) is 2. The van der Waals surface area contributed by atoms with Crippen molar-refractivity contribution in [3.8, 4) is 0 Å². The summed E-state index contributed by atoms with van der Waals surface area (Å²) in [6.07, 6.45) is 5.53. The van der Waals surface area contributed by atoms with E-state index < -0.39 is 0 Å². The van der Waals surface area contributed by atoms with Crippen LogP contribution in [0.2, 0.25) is 0 Å². The van der Waals surface area contributed by atoms with E-state index in [2.05, 4.69) is 29.1 Å². The molecule has 14 heavy (non-hydrogen) atoms. The maximum Gasteiger partial charge on any atom is 0.144 e. The molecule has 0 saturated carbocycles. The van der Waals surface area contributed by atoms with Crippen molar-refractivity contribution in [2.45, 2.75) is 20.0 Å². The molecule has 0 fully saturated rings. The molecule has 0 saturated heterocycles. The molecule has 0 aromatic carbocycles. The summed E-state index contributed by atoms with van der Waals surface area (Å²) in [6.45, 7) is 4.11. The van der Waals surface area contributed by atoms with Crippen LogP contribution in [-0.2, 0) is 0 Å². The second-order valence-electron chi connectivity index (χ2n) is 3.41. The summed E-state index contributed by atoms with van der Waals surface area (Å²) in [5.41, 5.74) is 3.51. The van der Waals surface area contributed by atoms with Gasteiger partial charge in [-0.25, -0.2) is 0 Å². The second-order valence-corrected chi connectivity index (χ2v) is 3.41. The number of pyridine rings is 1. The molecule has 0 spiro atoms. The Balaban J connectivity index is 2.22. The molecule has 2 heterocycles. The van der Waals surface area contributed by atoms with Crippen LogP contribution in [0.5, 0.6) is 0 Å². The Labute approximate surface area is 83.6 Å². The standard InChI is InChI=1S/C11H13N3/c1-8-7-13-11(14-9(8)2)10-3-5-12-6-4-10/h3-7,11,14H,1-2H3. The SMILES string of the molecule is CC1=C(C)NC(c2ccncc2)N=C1. The summed E-state index contributed by atoms with van der Waals surface area (Å²) in [7, 11) is 0. The van der Waals surface area contributed by atoms with E-state index >= 15 is 0 Å². The fourth-order valence-corrected chi connectivity index (χ4v) is 1.35. The topological polar surface area (TPSA) is 37.3 Å². The van der Waals surface area contributed by atoms with E-state index in [0.29, 0.717) is 0 Å². The molecular formula is C11H13N3. The van der Waals surface area contributed by atoms with Crippen molar-refractivity contribution in [2.24, 2.45) is 4.99 Å². The van der Waals surface area contributed by atoms with E-state index in [4.69, 9.17) is 0 Å². The minimum absolute atomic E-state index is 0.0432. The Hall–Kier alpha value is -1.64. The van der Waals surface area contributed by atoms with Gasteiger partial charge in [-0.2, -0.15) is 0 Å². The Morgan fingerprint density at radius 3 is 2.57 bits per heavy atom. The van der Waals surface area contributed by atoms with Crippen LogP contribution < -0.4 is 5.32 Å². The summed E-state index contributed by atoms with van der Waals surface area (Å²) < 4.78 is 0. The lowest BCUT2D eigenvalue weighted by atomic mass is 10.1. The van der Waals surface area contributed by atoms with Crippen molar-refractivity contribution < 1.29 is 0 Å². The van der Waals surface area contributed by atoms with Crippen molar-refractivity contribution in [1.82, 2.24) is 10.3 Å². The Kier molecular flexibility index (Phi) is 2.31. The second kappa shape index (κ2) is 3.62. The average molecular weight is 187 g/mol. The van der Waals surface area contributed by atoms with Gasteiger partial charge in [0.1, 0.15) is 6.17 Å². The van der Waals surface area contributed by atoms with Crippen LogP contribution >= 0.6 is 0 Å². The first-order valence-electron chi connectivity index (χ1n) is 4.64. The van der Waals surface area contributed by atoms with Crippen LogP contribution in [0.1, 0.15) is 25.6 Å². The highest BCUT2D eigenvalue weighted by Crippen LogP contribution is 2.18. The van der Waals surface area contributed by atoms with Crippen LogP contribution in [-0.4, -0.2) is 11.2 Å². The number of allylic oxidation sites excluding steroid dienone is 2. The monoisotopic (exact) mass is 187 g/mol. The first kappa shape index (κ1) is 8.94. The lowest BCUT2D eigenvalue weighted by Gasteiger charge is -2.21. The zero-order valence-corrected chi connectivity index (χ0v) is 8.36. The van der Waals surface area contributed by atoms with Crippen molar-refractivity contribution in [3.05, 3.63) is 41.4 Å². The molecule has 1 aromatic heterocycles. The van der Waals surface area contributed by atoms with Gasteiger partial charge >= 0.3 is 0 Å². The number of hydrogen-bond acceptors (Lipinski definition) is 3. The quantitative estimate of drug-likeness (QED) is 0.730. The summed E-state index contributed by atoms with van der Waals surface area (Å²) in [5, 5.41) is 3.34. The average Bonchev–Trinajstić information content (AvgIpc) is 2.23. The first-order chi connectivity index (χ1) is 6.77. The minimum atomic E-state index is 0.0432. The van der Waals surface area contributed by atoms with Crippen molar-refractivity contribution in [2.75, 3.05) is 0 Å². The lowest BCUT2D eigenvalue weighted by Crippen LogP contribution is -2.22. The zero-order valence-electron chi connectivity index (χ0n) is 8.36. The predicted molar refractivity (Wildman–Crippen MR) is 57.0 cm³/mol. The number of rotatable bonds is 1. The van der Waals surface area contributed by atoms with Crippen LogP contribution in [0.3, 0.4) is 0 Å². The van der Waals surface area contributed by atoms with E-state index in [1.165, 1.54) is 11.3 Å². The largest absolute Gasteiger partial charge is 0.363 e. The maximum absolute atomic E-state index is 4.41. The van der Waals surface area contributed by atoms with Crippen LogP contribution in [0.25, 0.3) is 0 Å². The smallest absolute Gasteiger partial charge is 0.144 e. The molecule has 0 amide bonds. The van der Waals surface area contributed by atoms with Crippen LogP contribution in [0, 0.1) is 0 Å². The molecule has 3 heteroatoms. The number of aromatic nitrogens is 1. The number of nitrogens with one attached hydrogen (secondary N) is 1. The van der Waals surface area contributed by atoms with Gasteiger partial charge in [-0.3, -0.25) is 9.98 Å². The summed E-state index contributed by atoms with van der Waals surface area (Å²) in [5.74, 6) is 0. The highest BCUT2D eigenvalue weighted by Gasteiger charge is 2.12. The Morgan fingerprint density at radius 2 is 1.93 bits per heavy atom. The Bertz CT molecular complexity index is 379. The molecule has 0 aliphatic carbocycles. The van der Waals surface area contributed by atoms with Crippen molar-refractivity contribution in [3.63, 3.8) is 0 Å². The van der Waals surface area contributed by atoms with Gasteiger partial charge in [0.15, 0.2) is 0 Å². The molecule has 3 nitrogen and oxygen atoms in total. The Morgan fingerprint density at radius 1 is 1.21 bits per heavy atom. The van der Waals surface area contributed by atoms with E-state index in [-0.39, 0.29) is 6.17 Å². The van der Waals surface area contributed by atoms with Gasteiger partial charge in [0.05, 0.1) is 0 Å². The summed E-state index contributed by atoms with van der Waals surface area (Å²) in [4.78, 5) is 8.39. The maximum atomic E-state index is 4.41. The van der Waals surface area contributed by atoms with E-state index in [9.17, 15) is 0 Å². The highest BCUT2D eigenvalue weighted by molar-refractivity contribution is 5.79. The molecule has 72 valence electrons. The third-order valence-corrected chi connectivity index (χ3v) is 2.38. The zero-order chi connectivity index (χ0) is 9.97. The van der Waals surface area contributed by atoms with Gasteiger partial charge in [-0.15, -0.1) is 0 Å². The van der Waals surface area contributed by atoms with Crippen LogP contribution in [0.15, 0.2) is 40.8 Å². The third-order valence-electron chi connectivity index (χ3n) is 2.38. The molecule has 1 unspecified atom stereocenters. The van der Waals surface area contributed by atoms with Crippen LogP contribution in [0.4, 0.5) is 0 Å². The molecule has 1 aromatic rings. The molecule has 1 aliphatic rings.